The molecule has 5 nitrogen and oxygen atoms in total. The third-order valence-electron chi connectivity index (χ3n) is 2.80. The van der Waals surface area contributed by atoms with Crippen molar-refractivity contribution in [2.45, 2.75) is 13.0 Å². The summed E-state index contributed by atoms with van der Waals surface area (Å²) >= 11 is 5.77. The number of pyridine rings is 1. The Morgan fingerprint density at radius 2 is 2.28 bits per heavy atom. The lowest BCUT2D eigenvalue weighted by atomic mass is 10.1. The summed E-state index contributed by atoms with van der Waals surface area (Å²) < 4.78 is 5.25. The molecule has 3 rings (SSSR count). The average Bonchev–Trinajstić information content (AvgIpc) is 2.39. The molecular formula is C12H10ClN3O2. The fraction of sp³-hybridized carbons (Fsp3) is 0.250. The van der Waals surface area contributed by atoms with E-state index in [4.69, 9.17) is 16.3 Å². The van der Waals surface area contributed by atoms with Crippen LogP contribution in [0.25, 0.3) is 11.5 Å². The smallest absolute Gasteiger partial charge is 0.256 e. The zero-order valence-electron chi connectivity index (χ0n) is 9.44. The maximum Gasteiger partial charge on any atom is 0.256 e. The van der Waals surface area contributed by atoms with Crippen LogP contribution in [0.15, 0.2) is 23.1 Å². The van der Waals surface area contributed by atoms with Gasteiger partial charge >= 0.3 is 0 Å². The number of halogens is 1. The van der Waals surface area contributed by atoms with E-state index in [-0.39, 0.29) is 5.56 Å². The highest BCUT2D eigenvalue weighted by Gasteiger charge is 2.16. The molecule has 2 aromatic heterocycles. The van der Waals surface area contributed by atoms with Gasteiger partial charge in [-0.3, -0.25) is 9.78 Å². The highest BCUT2D eigenvalue weighted by Crippen LogP contribution is 2.17. The summed E-state index contributed by atoms with van der Waals surface area (Å²) in [4.78, 5) is 23.2. The van der Waals surface area contributed by atoms with E-state index < -0.39 is 0 Å². The van der Waals surface area contributed by atoms with Crippen molar-refractivity contribution in [1.29, 1.82) is 0 Å². The number of H-pyrrole nitrogens is 1. The van der Waals surface area contributed by atoms with Crippen molar-refractivity contribution in [3.8, 4) is 11.5 Å². The van der Waals surface area contributed by atoms with Crippen molar-refractivity contribution in [1.82, 2.24) is 15.0 Å². The predicted octanol–water partition coefficient (Wildman–Crippen LogP) is 1.56. The van der Waals surface area contributed by atoms with Crippen molar-refractivity contribution >= 4 is 11.6 Å². The van der Waals surface area contributed by atoms with Gasteiger partial charge in [0.05, 0.1) is 29.5 Å². The van der Waals surface area contributed by atoms with Crippen LogP contribution in [-0.2, 0) is 17.8 Å². The number of ether oxygens (including phenoxy) is 1. The van der Waals surface area contributed by atoms with E-state index in [0.29, 0.717) is 41.7 Å². The molecule has 6 heteroatoms. The first kappa shape index (κ1) is 11.4. The molecule has 0 saturated carbocycles. The Balaban J connectivity index is 2.11. The largest absolute Gasteiger partial charge is 0.376 e. The molecular weight excluding hydrogens is 254 g/mol. The van der Waals surface area contributed by atoms with E-state index in [1.165, 1.54) is 6.20 Å². The van der Waals surface area contributed by atoms with E-state index in [9.17, 15) is 4.79 Å². The molecule has 0 aliphatic carbocycles. The van der Waals surface area contributed by atoms with Crippen molar-refractivity contribution in [3.05, 3.63) is 45.0 Å². The van der Waals surface area contributed by atoms with Crippen LogP contribution in [0.5, 0.6) is 0 Å². The lowest BCUT2D eigenvalue weighted by molar-refractivity contribution is 0.108. The van der Waals surface area contributed by atoms with Gasteiger partial charge in [0.1, 0.15) is 5.69 Å². The van der Waals surface area contributed by atoms with E-state index in [1.807, 2.05) is 0 Å². The van der Waals surface area contributed by atoms with Crippen molar-refractivity contribution in [2.75, 3.05) is 6.61 Å². The second-order valence-electron chi connectivity index (χ2n) is 4.00. The van der Waals surface area contributed by atoms with Gasteiger partial charge < -0.3 is 9.72 Å². The van der Waals surface area contributed by atoms with Gasteiger partial charge in [-0.1, -0.05) is 11.6 Å². The average molecular weight is 264 g/mol. The molecule has 0 unspecified atom stereocenters. The summed E-state index contributed by atoms with van der Waals surface area (Å²) in [6.07, 6.45) is 2.18. The van der Waals surface area contributed by atoms with Gasteiger partial charge in [-0.25, -0.2) is 4.98 Å². The summed E-state index contributed by atoms with van der Waals surface area (Å²) in [5.41, 5.74) is 1.84. The predicted molar refractivity (Wildman–Crippen MR) is 66.5 cm³/mol. The Kier molecular flexibility index (Phi) is 2.85. The normalized spacial score (nSPS) is 14.3. The Morgan fingerprint density at radius 3 is 3.06 bits per heavy atom. The fourth-order valence-electron chi connectivity index (χ4n) is 1.88. The van der Waals surface area contributed by atoms with Gasteiger partial charge in [-0.2, -0.15) is 0 Å². The second kappa shape index (κ2) is 4.51. The molecule has 0 spiro atoms. The van der Waals surface area contributed by atoms with Crippen LogP contribution in [0.2, 0.25) is 5.02 Å². The highest BCUT2D eigenvalue weighted by molar-refractivity contribution is 6.30. The first-order chi connectivity index (χ1) is 8.74. The monoisotopic (exact) mass is 263 g/mol. The van der Waals surface area contributed by atoms with Gasteiger partial charge in [-0.05, 0) is 12.1 Å². The van der Waals surface area contributed by atoms with Gasteiger partial charge in [0, 0.05) is 12.6 Å². The van der Waals surface area contributed by atoms with E-state index >= 15 is 0 Å². The topological polar surface area (TPSA) is 67.9 Å². The molecule has 0 fully saturated rings. The van der Waals surface area contributed by atoms with Crippen LogP contribution >= 0.6 is 11.6 Å². The first-order valence-corrected chi connectivity index (χ1v) is 5.93. The number of hydrogen-bond donors (Lipinski definition) is 1. The van der Waals surface area contributed by atoms with Crippen LogP contribution in [0.4, 0.5) is 0 Å². The van der Waals surface area contributed by atoms with Crippen molar-refractivity contribution < 1.29 is 4.74 Å². The molecule has 0 bridgehead atoms. The summed E-state index contributed by atoms with van der Waals surface area (Å²) in [5.74, 6) is 0.470. The van der Waals surface area contributed by atoms with Crippen LogP contribution in [-0.4, -0.2) is 21.6 Å². The number of aromatic nitrogens is 3. The van der Waals surface area contributed by atoms with E-state index in [1.54, 1.807) is 12.1 Å². The Bertz CT molecular complexity index is 637. The summed E-state index contributed by atoms with van der Waals surface area (Å²) in [6.45, 7) is 0.920. The quantitative estimate of drug-likeness (QED) is 0.848. The molecule has 18 heavy (non-hydrogen) atoms. The Morgan fingerprint density at radius 1 is 1.39 bits per heavy atom. The van der Waals surface area contributed by atoms with Crippen LogP contribution < -0.4 is 5.56 Å². The maximum absolute atomic E-state index is 11.9. The number of hydrogen-bond acceptors (Lipinski definition) is 4. The standard InChI is InChI=1S/C12H10ClN3O2/c13-7-1-2-10(14-5-7)11-15-9-3-4-18-6-8(9)12(17)16-11/h1-2,5H,3-4,6H2,(H,15,16,17). The molecule has 2 aromatic rings. The second-order valence-corrected chi connectivity index (χ2v) is 4.44. The molecule has 0 saturated heterocycles. The molecule has 3 heterocycles. The fourth-order valence-corrected chi connectivity index (χ4v) is 1.99. The first-order valence-electron chi connectivity index (χ1n) is 5.56. The van der Waals surface area contributed by atoms with Crippen LogP contribution in [0.1, 0.15) is 11.3 Å². The van der Waals surface area contributed by atoms with Gasteiger partial charge in [0.2, 0.25) is 0 Å². The van der Waals surface area contributed by atoms with Crippen molar-refractivity contribution in [2.24, 2.45) is 0 Å². The zero-order valence-corrected chi connectivity index (χ0v) is 10.2. The number of nitrogens with zero attached hydrogens (tertiary/aromatic N) is 2. The lowest BCUT2D eigenvalue weighted by Crippen LogP contribution is -2.24. The molecule has 0 amide bonds. The minimum atomic E-state index is -0.161. The zero-order chi connectivity index (χ0) is 12.5. The number of fused-ring (bicyclic) bond motifs is 1. The third-order valence-corrected chi connectivity index (χ3v) is 3.02. The SMILES string of the molecule is O=c1[nH]c(-c2ccc(Cl)cn2)nc2c1COCC2. The van der Waals surface area contributed by atoms with Gasteiger partial charge in [0.25, 0.3) is 5.56 Å². The van der Waals surface area contributed by atoms with E-state index in [2.05, 4.69) is 15.0 Å². The Labute approximate surface area is 108 Å². The van der Waals surface area contributed by atoms with Crippen LogP contribution in [0.3, 0.4) is 0 Å². The Hall–Kier alpha value is -1.72. The number of rotatable bonds is 1. The summed E-state index contributed by atoms with van der Waals surface area (Å²) in [7, 11) is 0. The number of nitrogens with one attached hydrogen (secondary N) is 1. The summed E-state index contributed by atoms with van der Waals surface area (Å²) in [5, 5.41) is 0.549. The molecule has 1 N–H and O–H groups in total. The van der Waals surface area contributed by atoms with Crippen LogP contribution in [0, 0.1) is 0 Å². The van der Waals surface area contributed by atoms with Gasteiger partial charge in [0.15, 0.2) is 5.82 Å². The molecule has 1 aliphatic rings. The molecule has 1 aliphatic heterocycles. The maximum atomic E-state index is 11.9. The molecule has 0 atom stereocenters. The third kappa shape index (κ3) is 2.02. The minimum Gasteiger partial charge on any atom is -0.376 e. The minimum absolute atomic E-state index is 0.161. The molecule has 0 radical (unpaired) electrons. The van der Waals surface area contributed by atoms with E-state index in [0.717, 1.165) is 5.69 Å². The summed E-state index contributed by atoms with van der Waals surface area (Å²) in [6, 6.07) is 3.44. The van der Waals surface area contributed by atoms with Crippen molar-refractivity contribution in [3.63, 3.8) is 0 Å². The number of aromatic amines is 1. The van der Waals surface area contributed by atoms with Gasteiger partial charge in [-0.15, -0.1) is 0 Å². The molecule has 0 aromatic carbocycles. The highest BCUT2D eigenvalue weighted by atomic mass is 35.5. The lowest BCUT2D eigenvalue weighted by Gasteiger charge is -2.15. The molecule has 92 valence electrons.